The summed E-state index contributed by atoms with van der Waals surface area (Å²) in [6, 6.07) is 0. The number of rotatable bonds is 6. The van der Waals surface area contributed by atoms with Crippen LogP contribution in [0.2, 0.25) is 0 Å². The fourth-order valence-electron chi connectivity index (χ4n) is 2.54. The summed E-state index contributed by atoms with van der Waals surface area (Å²) in [5, 5.41) is 9.95. The Labute approximate surface area is 99.8 Å². The molecule has 0 saturated heterocycles. The zero-order valence-corrected chi connectivity index (χ0v) is 11.0. The van der Waals surface area contributed by atoms with Crippen molar-refractivity contribution in [1.82, 2.24) is 4.90 Å². The first-order valence-corrected chi connectivity index (χ1v) is 6.57. The fraction of sp³-hybridized carbons (Fsp3) is 1.00. The van der Waals surface area contributed by atoms with Gasteiger partial charge in [-0.2, -0.15) is 0 Å². The molecule has 0 radical (unpaired) electrons. The predicted molar refractivity (Wildman–Crippen MR) is 66.5 cm³/mol. The molecule has 1 saturated carbocycles. The van der Waals surface area contributed by atoms with Crippen molar-refractivity contribution in [2.45, 2.75) is 39.2 Å². The largest absolute Gasteiger partial charge is 0.393 e. The highest BCUT2D eigenvalue weighted by molar-refractivity contribution is 4.79. The Morgan fingerprint density at radius 1 is 1.38 bits per heavy atom. The van der Waals surface area contributed by atoms with Crippen LogP contribution < -0.4 is 0 Å². The van der Waals surface area contributed by atoms with Gasteiger partial charge in [0, 0.05) is 19.7 Å². The molecule has 1 fully saturated rings. The summed E-state index contributed by atoms with van der Waals surface area (Å²) in [5.74, 6) is 1.23. The number of nitrogens with zero attached hydrogens (tertiary/aromatic N) is 1. The lowest BCUT2D eigenvalue weighted by atomic mass is 9.80. The molecular weight excluding hydrogens is 202 g/mol. The Balaban J connectivity index is 2.23. The van der Waals surface area contributed by atoms with Crippen LogP contribution in [0.1, 0.15) is 33.1 Å². The van der Waals surface area contributed by atoms with E-state index in [0.29, 0.717) is 5.92 Å². The minimum absolute atomic E-state index is 0.0919. The van der Waals surface area contributed by atoms with Crippen molar-refractivity contribution in [2.75, 3.05) is 33.4 Å². The summed E-state index contributed by atoms with van der Waals surface area (Å²) >= 11 is 0. The van der Waals surface area contributed by atoms with Gasteiger partial charge >= 0.3 is 0 Å². The molecule has 0 bridgehead atoms. The molecule has 0 spiro atoms. The van der Waals surface area contributed by atoms with Gasteiger partial charge in [0.2, 0.25) is 0 Å². The lowest BCUT2D eigenvalue weighted by Crippen LogP contribution is -2.38. The van der Waals surface area contributed by atoms with Crippen molar-refractivity contribution in [3.05, 3.63) is 0 Å². The minimum atomic E-state index is -0.0919. The highest BCUT2D eigenvalue weighted by Crippen LogP contribution is 2.29. The van der Waals surface area contributed by atoms with E-state index < -0.39 is 0 Å². The first-order chi connectivity index (χ1) is 7.63. The normalized spacial score (nSPS) is 30.9. The van der Waals surface area contributed by atoms with Crippen molar-refractivity contribution in [3.8, 4) is 0 Å². The molecule has 96 valence electrons. The predicted octanol–water partition coefficient (Wildman–Crippen LogP) is 1.75. The molecule has 3 atom stereocenters. The van der Waals surface area contributed by atoms with Crippen LogP contribution in [0.15, 0.2) is 0 Å². The molecule has 1 N–H and O–H groups in total. The van der Waals surface area contributed by atoms with Gasteiger partial charge in [-0.1, -0.05) is 6.92 Å². The van der Waals surface area contributed by atoms with Crippen molar-refractivity contribution < 1.29 is 9.84 Å². The number of likely N-dealkylation sites (N-methyl/N-ethyl adjacent to an activating group) is 1. The van der Waals surface area contributed by atoms with Crippen LogP contribution >= 0.6 is 0 Å². The molecule has 3 heteroatoms. The van der Waals surface area contributed by atoms with Gasteiger partial charge in [0.25, 0.3) is 0 Å². The summed E-state index contributed by atoms with van der Waals surface area (Å²) in [4.78, 5) is 2.28. The lowest BCUT2D eigenvalue weighted by Gasteiger charge is -2.34. The SMILES string of the molecule is CCOCCN(C)CC1CC(C)CCC1O. The van der Waals surface area contributed by atoms with Crippen molar-refractivity contribution in [2.24, 2.45) is 11.8 Å². The molecule has 1 rings (SSSR count). The van der Waals surface area contributed by atoms with Crippen LogP contribution in [0.5, 0.6) is 0 Å². The molecule has 0 aromatic carbocycles. The second-order valence-corrected chi connectivity index (χ2v) is 5.20. The highest BCUT2D eigenvalue weighted by Gasteiger charge is 2.27. The Kier molecular flexibility index (Phi) is 6.32. The number of ether oxygens (including phenoxy) is 1. The van der Waals surface area contributed by atoms with E-state index in [0.717, 1.165) is 38.6 Å². The van der Waals surface area contributed by atoms with Crippen LogP contribution in [-0.4, -0.2) is 49.5 Å². The summed E-state index contributed by atoms with van der Waals surface area (Å²) in [7, 11) is 2.12. The zero-order chi connectivity index (χ0) is 12.0. The highest BCUT2D eigenvalue weighted by atomic mass is 16.5. The van der Waals surface area contributed by atoms with Crippen molar-refractivity contribution >= 4 is 0 Å². The van der Waals surface area contributed by atoms with E-state index in [9.17, 15) is 5.11 Å². The smallest absolute Gasteiger partial charge is 0.0593 e. The average molecular weight is 229 g/mol. The van der Waals surface area contributed by atoms with Crippen molar-refractivity contribution in [3.63, 3.8) is 0 Å². The van der Waals surface area contributed by atoms with E-state index in [1.807, 2.05) is 6.92 Å². The molecule has 1 aliphatic rings. The molecule has 0 aromatic heterocycles. The number of hydrogen-bond acceptors (Lipinski definition) is 3. The Morgan fingerprint density at radius 2 is 2.12 bits per heavy atom. The van der Waals surface area contributed by atoms with Gasteiger partial charge < -0.3 is 14.7 Å². The zero-order valence-electron chi connectivity index (χ0n) is 11.0. The molecular formula is C13H27NO2. The Bertz CT molecular complexity index is 187. The van der Waals surface area contributed by atoms with Crippen LogP contribution in [0.25, 0.3) is 0 Å². The standard InChI is InChI=1S/C13H27NO2/c1-4-16-8-7-14(3)10-12-9-11(2)5-6-13(12)15/h11-13,15H,4-10H2,1-3H3. The summed E-state index contributed by atoms with van der Waals surface area (Å²) in [6.45, 7) is 7.86. The molecule has 0 heterocycles. The molecule has 3 nitrogen and oxygen atoms in total. The second-order valence-electron chi connectivity index (χ2n) is 5.20. The number of hydrogen-bond donors (Lipinski definition) is 1. The van der Waals surface area contributed by atoms with Gasteiger partial charge in [-0.05, 0) is 45.1 Å². The molecule has 1 aliphatic carbocycles. The molecule has 0 aromatic rings. The fourth-order valence-corrected chi connectivity index (χ4v) is 2.54. The van der Waals surface area contributed by atoms with E-state index in [1.165, 1.54) is 12.8 Å². The van der Waals surface area contributed by atoms with Gasteiger partial charge in [-0.25, -0.2) is 0 Å². The molecule has 0 amide bonds. The van der Waals surface area contributed by atoms with Gasteiger partial charge in [-0.3, -0.25) is 0 Å². The Morgan fingerprint density at radius 3 is 2.81 bits per heavy atom. The van der Waals surface area contributed by atoms with Gasteiger partial charge in [0.1, 0.15) is 0 Å². The third-order valence-corrected chi connectivity index (χ3v) is 3.57. The first kappa shape index (κ1) is 13.9. The average Bonchev–Trinajstić information content (AvgIpc) is 2.24. The van der Waals surface area contributed by atoms with Crippen molar-refractivity contribution in [1.29, 1.82) is 0 Å². The van der Waals surface area contributed by atoms with E-state index >= 15 is 0 Å². The maximum atomic E-state index is 9.95. The monoisotopic (exact) mass is 229 g/mol. The summed E-state index contributed by atoms with van der Waals surface area (Å²) in [6.07, 6.45) is 3.23. The third-order valence-electron chi connectivity index (χ3n) is 3.57. The first-order valence-electron chi connectivity index (χ1n) is 6.57. The van der Waals surface area contributed by atoms with E-state index in [1.54, 1.807) is 0 Å². The second kappa shape index (κ2) is 7.25. The summed E-state index contributed by atoms with van der Waals surface area (Å²) < 4.78 is 5.34. The number of aliphatic hydroxyl groups is 1. The van der Waals surface area contributed by atoms with Crippen LogP contribution in [0.3, 0.4) is 0 Å². The minimum Gasteiger partial charge on any atom is -0.393 e. The Hall–Kier alpha value is -0.120. The topological polar surface area (TPSA) is 32.7 Å². The third kappa shape index (κ3) is 4.81. The maximum Gasteiger partial charge on any atom is 0.0593 e. The van der Waals surface area contributed by atoms with Crippen LogP contribution in [0, 0.1) is 11.8 Å². The lowest BCUT2D eigenvalue weighted by molar-refractivity contribution is 0.0292. The van der Waals surface area contributed by atoms with Gasteiger partial charge in [0.05, 0.1) is 12.7 Å². The maximum absolute atomic E-state index is 9.95. The van der Waals surface area contributed by atoms with E-state index in [2.05, 4.69) is 18.9 Å². The van der Waals surface area contributed by atoms with E-state index in [4.69, 9.17) is 4.74 Å². The summed E-state index contributed by atoms with van der Waals surface area (Å²) in [5.41, 5.74) is 0. The molecule has 16 heavy (non-hydrogen) atoms. The van der Waals surface area contributed by atoms with Crippen LogP contribution in [-0.2, 0) is 4.74 Å². The molecule has 3 unspecified atom stereocenters. The quantitative estimate of drug-likeness (QED) is 0.704. The molecule has 0 aliphatic heterocycles. The van der Waals surface area contributed by atoms with Gasteiger partial charge in [0.15, 0.2) is 0 Å². The van der Waals surface area contributed by atoms with Crippen LogP contribution in [0.4, 0.5) is 0 Å². The van der Waals surface area contributed by atoms with Gasteiger partial charge in [-0.15, -0.1) is 0 Å². The number of aliphatic hydroxyl groups excluding tert-OH is 1. The van der Waals surface area contributed by atoms with E-state index in [-0.39, 0.29) is 6.10 Å².